The lowest BCUT2D eigenvalue weighted by Gasteiger charge is -2.06. The lowest BCUT2D eigenvalue weighted by molar-refractivity contribution is 0.318. The number of rotatable bonds is 6. The standard InChI is InChI=1S/C15H18N4O/c16-15(19-20)13-5-3-4-12(10-13)11-17-9-7-14-6-1-2-8-18-14/h1-6,8,10,17,20H,7,9,11H2,(H2,16,19). The van der Waals surface area contributed by atoms with E-state index >= 15 is 0 Å². The van der Waals surface area contributed by atoms with Crippen molar-refractivity contribution < 1.29 is 5.21 Å². The van der Waals surface area contributed by atoms with Crippen LogP contribution in [0.5, 0.6) is 0 Å². The van der Waals surface area contributed by atoms with Gasteiger partial charge in [-0.25, -0.2) is 0 Å². The van der Waals surface area contributed by atoms with Crippen LogP contribution in [0.3, 0.4) is 0 Å². The first kappa shape index (κ1) is 14.0. The topological polar surface area (TPSA) is 83.5 Å². The molecule has 0 atom stereocenters. The Bertz CT molecular complexity index is 569. The maximum atomic E-state index is 8.66. The summed E-state index contributed by atoms with van der Waals surface area (Å²) in [7, 11) is 0. The summed E-state index contributed by atoms with van der Waals surface area (Å²) in [5, 5.41) is 15.0. The van der Waals surface area contributed by atoms with Crippen LogP contribution >= 0.6 is 0 Å². The summed E-state index contributed by atoms with van der Waals surface area (Å²) in [5.41, 5.74) is 8.45. The first-order chi connectivity index (χ1) is 9.79. The molecule has 0 bridgehead atoms. The number of nitrogens with two attached hydrogens (primary N) is 1. The van der Waals surface area contributed by atoms with Gasteiger partial charge in [0, 0.05) is 37.0 Å². The molecule has 1 aromatic heterocycles. The van der Waals surface area contributed by atoms with Crippen molar-refractivity contribution >= 4 is 5.84 Å². The summed E-state index contributed by atoms with van der Waals surface area (Å²) in [6.07, 6.45) is 2.69. The van der Waals surface area contributed by atoms with Crippen LogP contribution in [0.15, 0.2) is 53.8 Å². The number of nitrogens with zero attached hydrogens (tertiary/aromatic N) is 2. The zero-order chi connectivity index (χ0) is 14.2. The highest BCUT2D eigenvalue weighted by Crippen LogP contribution is 2.05. The number of nitrogens with one attached hydrogen (secondary N) is 1. The summed E-state index contributed by atoms with van der Waals surface area (Å²) in [6.45, 7) is 1.59. The monoisotopic (exact) mass is 270 g/mol. The predicted molar refractivity (Wildman–Crippen MR) is 78.6 cm³/mol. The number of hydrogen-bond acceptors (Lipinski definition) is 4. The van der Waals surface area contributed by atoms with E-state index in [0.29, 0.717) is 0 Å². The van der Waals surface area contributed by atoms with Crippen LogP contribution in [0.2, 0.25) is 0 Å². The molecule has 1 aromatic carbocycles. The quantitative estimate of drug-likeness (QED) is 0.244. The van der Waals surface area contributed by atoms with Gasteiger partial charge >= 0.3 is 0 Å². The smallest absolute Gasteiger partial charge is 0.170 e. The molecular weight excluding hydrogens is 252 g/mol. The van der Waals surface area contributed by atoms with Gasteiger partial charge < -0.3 is 16.3 Å². The van der Waals surface area contributed by atoms with E-state index < -0.39 is 0 Å². The van der Waals surface area contributed by atoms with Gasteiger partial charge in [0.25, 0.3) is 0 Å². The molecule has 20 heavy (non-hydrogen) atoms. The Kier molecular flexibility index (Phi) is 5.08. The molecule has 0 aliphatic carbocycles. The number of amidine groups is 1. The van der Waals surface area contributed by atoms with Gasteiger partial charge in [0.05, 0.1) is 0 Å². The number of oxime groups is 1. The molecule has 4 N–H and O–H groups in total. The first-order valence-electron chi connectivity index (χ1n) is 6.47. The van der Waals surface area contributed by atoms with Crippen molar-refractivity contribution in [3.63, 3.8) is 0 Å². The summed E-state index contributed by atoms with van der Waals surface area (Å²) in [6, 6.07) is 13.5. The van der Waals surface area contributed by atoms with Gasteiger partial charge in [-0.05, 0) is 23.8 Å². The average Bonchev–Trinajstić information content (AvgIpc) is 2.52. The molecule has 0 aliphatic rings. The molecule has 0 saturated carbocycles. The molecule has 0 radical (unpaired) electrons. The van der Waals surface area contributed by atoms with Crippen LogP contribution in [-0.4, -0.2) is 22.6 Å². The molecule has 2 rings (SSSR count). The van der Waals surface area contributed by atoms with Crippen molar-refractivity contribution in [1.29, 1.82) is 0 Å². The van der Waals surface area contributed by atoms with Crippen molar-refractivity contribution in [3.05, 3.63) is 65.5 Å². The summed E-state index contributed by atoms with van der Waals surface area (Å²) < 4.78 is 0. The molecule has 104 valence electrons. The zero-order valence-electron chi connectivity index (χ0n) is 11.2. The molecule has 0 aliphatic heterocycles. The van der Waals surface area contributed by atoms with Crippen molar-refractivity contribution in [2.24, 2.45) is 10.9 Å². The van der Waals surface area contributed by atoms with Gasteiger partial charge in [-0.3, -0.25) is 4.98 Å². The van der Waals surface area contributed by atoms with E-state index in [1.54, 1.807) is 6.20 Å². The Balaban J connectivity index is 1.82. The predicted octanol–water partition coefficient (Wildman–Crippen LogP) is 1.51. The summed E-state index contributed by atoms with van der Waals surface area (Å²) in [4.78, 5) is 4.27. The highest BCUT2D eigenvalue weighted by molar-refractivity contribution is 5.97. The Morgan fingerprint density at radius 3 is 2.90 bits per heavy atom. The Morgan fingerprint density at radius 1 is 1.25 bits per heavy atom. The first-order valence-corrected chi connectivity index (χ1v) is 6.47. The Hall–Kier alpha value is -2.40. The second-order valence-corrected chi connectivity index (χ2v) is 4.43. The lowest BCUT2D eigenvalue weighted by Crippen LogP contribution is -2.18. The zero-order valence-corrected chi connectivity index (χ0v) is 11.2. The fourth-order valence-electron chi connectivity index (χ4n) is 1.89. The van der Waals surface area contributed by atoms with Gasteiger partial charge in [0.2, 0.25) is 0 Å². The molecule has 0 saturated heterocycles. The second-order valence-electron chi connectivity index (χ2n) is 4.43. The molecule has 2 aromatic rings. The van der Waals surface area contributed by atoms with E-state index in [-0.39, 0.29) is 5.84 Å². The minimum atomic E-state index is 0.125. The van der Waals surface area contributed by atoms with E-state index in [1.165, 1.54) is 0 Å². The van der Waals surface area contributed by atoms with E-state index in [9.17, 15) is 0 Å². The minimum absolute atomic E-state index is 0.125. The number of hydrogen-bond donors (Lipinski definition) is 3. The third-order valence-corrected chi connectivity index (χ3v) is 2.94. The second kappa shape index (κ2) is 7.25. The van der Waals surface area contributed by atoms with Gasteiger partial charge in [-0.2, -0.15) is 0 Å². The van der Waals surface area contributed by atoms with E-state index in [2.05, 4.69) is 15.5 Å². The van der Waals surface area contributed by atoms with Crippen molar-refractivity contribution in [2.45, 2.75) is 13.0 Å². The van der Waals surface area contributed by atoms with Crippen LogP contribution in [-0.2, 0) is 13.0 Å². The van der Waals surface area contributed by atoms with Crippen LogP contribution in [0.25, 0.3) is 0 Å². The molecule has 1 heterocycles. The number of aromatic nitrogens is 1. The fourth-order valence-corrected chi connectivity index (χ4v) is 1.89. The molecular formula is C15H18N4O. The van der Waals surface area contributed by atoms with Crippen LogP contribution in [0.1, 0.15) is 16.8 Å². The molecule has 5 heteroatoms. The van der Waals surface area contributed by atoms with E-state index in [0.717, 1.165) is 36.3 Å². The van der Waals surface area contributed by atoms with Gasteiger partial charge in [-0.15, -0.1) is 0 Å². The normalized spacial score (nSPS) is 11.5. The van der Waals surface area contributed by atoms with Gasteiger partial charge in [0.1, 0.15) is 0 Å². The van der Waals surface area contributed by atoms with Crippen LogP contribution in [0.4, 0.5) is 0 Å². The highest BCUT2D eigenvalue weighted by atomic mass is 16.4. The maximum absolute atomic E-state index is 8.66. The fraction of sp³-hybridized carbons (Fsp3) is 0.200. The molecule has 0 unspecified atom stereocenters. The SMILES string of the molecule is NC(=NO)c1cccc(CNCCc2ccccn2)c1. The minimum Gasteiger partial charge on any atom is -0.409 e. The van der Waals surface area contributed by atoms with Crippen molar-refractivity contribution in [1.82, 2.24) is 10.3 Å². The highest BCUT2D eigenvalue weighted by Gasteiger charge is 2.00. The summed E-state index contributed by atoms with van der Waals surface area (Å²) >= 11 is 0. The third kappa shape index (κ3) is 4.07. The summed E-state index contributed by atoms with van der Waals surface area (Å²) in [5.74, 6) is 0.125. The Labute approximate surface area is 118 Å². The van der Waals surface area contributed by atoms with Gasteiger partial charge in [-0.1, -0.05) is 29.4 Å². The molecule has 0 amide bonds. The average molecular weight is 270 g/mol. The van der Waals surface area contributed by atoms with E-state index in [4.69, 9.17) is 10.9 Å². The number of benzene rings is 1. The van der Waals surface area contributed by atoms with Crippen LogP contribution < -0.4 is 11.1 Å². The van der Waals surface area contributed by atoms with Crippen molar-refractivity contribution in [2.75, 3.05) is 6.54 Å². The van der Waals surface area contributed by atoms with Crippen LogP contribution in [0, 0.1) is 0 Å². The Morgan fingerprint density at radius 2 is 2.15 bits per heavy atom. The van der Waals surface area contributed by atoms with Crippen molar-refractivity contribution in [3.8, 4) is 0 Å². The maximum Gasteiger partial charge on any atom is 0.170 e. The largest absolute Gasteiger partial charge is 0.409 e. The van der Waals surface area contributed by atoms with Gasteiger partial charge in [0.15, 0.2) is 5.84 Å². The molecule has 0 fully saturated rings. The lowest BCUT2D eigenvalue weighted by atomic mass is 10.1. The third-order valence-electron chi connectivity index (χ3n) is 2.94. The molecule has 5 nitrogen and oxygen atoms in total. The van der Waals surface area contributed by atoms with E-state index in [1.807, 2.05) is 42.5 Å². The molecule has 0 spiro atoms. The number of pyridine rings is 1.